The highest BCUT2D eigenvalue weighted by Gasteiger charge is 2.28. The second-order valence-corrected chi connectivity index (χ2v) is 6.14. The monoisotopic (exact) mass is 277 g/mol. The normalized spacial score (nSPS) is 19.2. The molecule has 1 aliphatic heterocycles. The number of methoxy groups -OCH3 is 1. The molecule has 0 radical (unpaired) electrons. The summed E-state index contributed by atoms with van der Waals surface area (Å²) in [5.41, 5.74) is 7.82. The van der Waals surface area contributed by atoms with Crippen molar-refractivity contribution in [2.75, 3.05) is 20.2 Å². The number of ether oxygens (including phenoxy) is 1. The topological polar surface area (TPSA) is 71.1 Å². The summed E-state index contributed by atoms with van der Waals surface area (Å²) in [7, 11) is 1.59. The van der Waals surface area contributed by atoms with Gasteiger partial charge in [-0.05, 0) is 36.1 Å². The number of likely N-dealkylation sites (tertiary alicyclic amines) is 1. The molecule has 2 rings (SSSR count). The predicted octanol–water partition coefficient (Wildman–Crippen LogP) is 2.02. The Morgan fingerprint density at radius 2 is 2.25 bits per heavy atom. The molecule has 0 saturated carbocycles. The first-order valence-electron chi connectivity index (χ1n) is 6.82. The van der Waals surface area contributed by atoms with Crippen LogP contribution in [0.25, 0.3) is 0 Å². The molecule has 1 aliphatic rings. The zero-order valence-electron chi connectivity index (χ0n) is 12.4. The number of nitrogens with two attached hydrogens (primary N) is 1. The molecule has 0 unspecified atom stereocenters. The molecule has 0 amide bonds. The van der Waals surface area contributed by atoms with Crippen molar-refractivity contribution in [3.05, 3.63) is 29.3 Å². The molecule has 3 N–H and O–H groups in total. The Morgan fingerprint density at radius 3 is 2.80 bits per heavy atom. The van der Waals surface area contributed by atoms with Gasteiger partial charge in [-0.25, -0.2) is 0 Å². The Morgan fingerprint density at radius 1 is 1.50 bits per heavy atom. The van der Waals surface area contributed by atoms with E-state index in [2.05, 4.69) is 23.9 Å². The first kappa shape index (κ1) is 14.7. The van der Waals surface area contributed by atoms with Crippen LogP contribution in [0.4, 0.5) is 0 Å². The van der Waals surface area contributed by atoms with Crippen LogP contribution in [0.1, 0.15) is 31.4 Å². The van der Waals surface area contributed by atoms with Gasteiger partial charge in [0.05, 0.1) is 12.7 Å². The molecule has 0 bridgehead atoms. The van der Waals surface area contributed by atoms with E-state index >= 15 is 0 Å². The Hall–Kier alpha value is -1.75. The fourth-order valence-electron chi connectivity index (χ4n) is 2.72. The third-order valence-corrected chi connectivity index (χ3v) is 3.81. The third-order valence-electron chi connectivity index (χ3n) is 3.81. The van der Waals surface area contributed by atoms with Crippen LogP contribution in [0.5, 0.6) is 5.75 Å². The average molecular weight is 277 g/mol. The molecule has 20 heavy (non-hydrogen) atoms. The minimum absolute atomic E-state index is 0.0655. The van der Waals surface area contributed by atoms with Gasteiger partial charge in [0, 0.05) is 13.1 Å². The summed E-state index contributed by atoms with van der Waals surface area (Å²) >= 11 is 0. The van der Waals surface area contributed by atoms with E-state index in [1.807, 2.05) is 18.2 Å². The highest BCUT2D eigenvalue weighted by molar-refractivity contribution is 5.99. The van der Waals surface area contributed by atoms with Gasteiger partial charge in [0.1, 0.15) is 5.75 Å². The van der Waals surface area contributed by atoms with Crippen LogP contribution in [-0.4, -0.2) is 36.1 Å². The van der Waals surface area contributed by atoms with Crippen LogP contribution >= 0.6 is 0 Å². The lowest BCUT2D eigenvalue weighted by atomic mass is 9.93. The molecule has 1 fully saturated rings. The van der Waals surface area contributed by atoms with Gasteiger partial charge in [-0.1, -0.05) is 25.1 Å². The number of rotatable bonds is 4. The molecule has 1 heterocycles. The van der Waals surface area contributed by atoms with Crippen LogP contribution in [-0.2, 0) is 6.54 Å². The average Bonchev–Trinajstić information content (AvgIpc) is 2.76. The van der Waals surface area contributed by atoms with E-state index in [9.17, 15) is 0 Å². The Labute approximate surface area is 120 Å². The quantitative estimate of drug-likeness (QED) is 0.382. The molecule has 5 nitrogen and oxygen atoms in total. The molecular formula is C15H23N3O2. The lowest BCUT2D eigenvalue weighted by molar-refractivity contribution is 0.284. The summed E-state index contributed by atoms with van der Waals surface area (Å²) in [6.45, 7) is 7.73. The van der Waals surface area contributed by atoms with Crippen molar-refractivity contribution in [2.45, 2.75) is 26.8 Å². The van der Waals surface area contributed by atoms with Crippen molar-refractivity contribution in [3.8, 4) is 5.75 Å². The summed E-state index contributed by atoms with van der Waals surface area (Å²) in [4.78, 5) is 2.44. The minimum atomic E-state index is 0.0655. The first-order chi connectivity index (χ1) is 9.45. The minimum Gasteiger partial charge on any atom is -0.496 e. The van der Waals surface area contributed by atoms with E-state index in [0.717, 1.165) is 19.6 Å². The summed E-state index contributed by atoms with van der Waals surface area (Å²) < 4.78 is 5.32. The predicted molar refractivity (Wildman–Crippen MR) is 79.2 cm³/mol. The van der Waals surface area contributed by atoms with Crippen molar-refractivity contribution in [1.29, 1.82) is 0 Å². The van der Waals surface area contributed by atoms with Gasteiger partial charge >= 0.3 is 0 Å². The number of oxime groups is 1. The van der Waals surface area contributed by atoms with Crippen LogP contribution < -0.4 is 10.5 Å². The van der Waals surface area contributed by atoms with Crippen molar-refractivity contribution in [3.63, 3.8) is 0 Å². The molecule has 0 aliphatic carbocycles. The van der Waals surface area contributed by atoms with Gasteiger partial charge in [-0.15, -0.1) is 0 Å². The number of benzene rings is 1. The van der Waals surface area contributed by atoms with E-state index in [1.54, 1.807) is 7.11 Å². The third kappa shape index (κ3) is 3.22. The maximum Gasteiger partial charge on any atom is 0.173 e. The Bertz CT molecular complexity index is 512. The van der Waals surface area contributed by atoms with E-state index < -0.39 is 0 Å². The van der Waals surface area contributed by atoms with Gasteiger partial charge in [-0.2, -0.15) is 0 Å². The summed E-state index contributed by atoms with van der Waals surface area (Å²) in [6, 6.07) is 5.80. The van der Waals surface area contributed by atoms with Gasteiger partial charge in [0.2, 0.25) is 0 Å². The van der Waals surface area contributed by atoms with Crippen molar-refractivity contribution in [2.24, 2.45) is 16.3 Å². The zero-order chi connectivity index (χ0) is 14.8. The van der Waals surface area contributed by atoms with Crippen molar-refractivity contribution in [1.82, 2.24) is 4.90 Å². The summed E-state index contributed by atoms with van der Waals surface area (Å²) in [5.74, 6) is 0.701. The lowest BCUT2D eigenvalue weighted by Crippen LogP contribution is -2.23. The molecule has 0 atom stereocenters. The van der Waals surface area contributed by atoms with E-state index in [4.69, 9.17) is 15.7 Å². The Balaban J connectivity index is 2.14. The standard InChI is InChI=1S/C15H23N3O2/c1-15(2)6-7-18(10-15)9-11-4-5-12(14(16)17-19)13(8-11)20-3/h4-5,8,19H,6-7,9-10H2,1-3H3,(H2,16,17). The van der Waals surface area contributed by atoms with Crippen LogP contribution in [0.15, 0.2) is 23.4 Å². The fraction of sp³-hybridized carbons (Fsp3) is 0.533. The lowest BCUT2D eigenvalue weighted by Gasteiger charge is -2.20. The molecule has 1 saturated heterocycles. The molecule has 0 aromatic heterocycles. The van der Waals surface area contributed by atoms with Crippen LogP contribution in [0.2, 0.25) is 0 Å². The SMILES string of the molecule is COc1cc(CN2CCC(C)(C)C2)ccc1/C(N)=N/O. The molecule has 1 aromatic carbocycles. The largest absolute Gasteiger partial charge is 0.496 e. The smallest absolute Gasteiger partial charge is 0.173 e. The zero-order valence-corrected chi connectivity index (χ0v) is 12.4. The van der Waals surface area contributed by atoms with Crippen molar-refractivity contribution < 1.29 is 9.94 Å². The van der Waals surface area contributed by atoms with Gasteiger partial charge in [-0.3, -0.25) is 4.90 Å². The van der Waals surface area contributed by atoms with Crippen LogP contribution in [0.3, 0.4) is 0 Å². The number of amidine groups is 1. The molecule has 1 aromatic rings. The van der Waals surface area contributed by atoms with E-state index in [-0.39, 0.29) is 5.84 Å². The molecular weight excluding hydrogens is 254 g/mol. The van der Waals surface area contributed by atoms with Crippen molar-refractivity contribution >= 4 is 5.84 Å². The fourth-order valence-corrected chi connectivity index (χ4v) is 2.72. The Kier molecular flexibility index (Phi) is 4.18. The second kappa shape index (κ2) is 5.71. The van der Waals surface area contributed by atoms with Gasteiger partial charge in [0.15, 0.2) is 5.84 Å². The number of hydrogen-bond acceptors (Lipinski definition) is 4. The highest BCUT2D eigenvalue weighted by atomic mass is 16.5. The summed E-state index contributed by atoms with van der Waals surface area (Å²) in [6.07, 6.45) is 1.23. The summed E-state index contributed by atoms with van der Waals surface area (Å²) in [5, 5.41) is 11.8. The van der Waals surface area contributed by atoms with Gasteiger partial charge in [0.25, 0.3) is 0 Å². The number of nitrogens with zero attached hydrogens (tertiary/aromatic N) is 2. The van der Waals surface area contributed by atoms with Gasteiger partial charge < -0.3 is 15.7 Å². The molecule has 0 spiro atoms. The maximum absolute atomic E-state index is 8.76. The first-order valence-corrected chi connectivity index (χ1v) is 6.82. The number of hydrogen-bond donors (Lipinski definition) is 2. The molecule has 5 heteroatoms. The van der Waals surface area contributed by atoms with E-state index in [0.29, 0.717) is 16.7 Å². The second-order valence-electron chi connectivity index (χ2n) is 6.14. The molecule has 110 valence electrons. The highest BCUT2D eigenvalue weighted by Crippen LogP contribution is 2.30. The maximum atomic E-state index is 8.76. The van der Waals surface area contributed by atoms with Crippen LogP contribution in [0, 0.1) is 5.41 Å². The van der Waals surface area contributed by atoms with E-state index in [1.165, 1.54) is 12.0 Å².